The number of amides is 1. The minimum Gasteiger partial charge on any atom is -0.455 e. The van der Waals surface area contributed by atoms with Gasteiger partial charge in [0.1, 0.15) is 5.82 Å². The van der Waals surface area contributed by atoms with Crippen LogP contribution in [-0.2, 0) is 19.7 Å². The normalized spacial score (nSPS) is 16.5. The van der Waals surface area contributed by atoms with E-state index in [0.717, 1.165) is 24.0 Å². The van der Waals surface area contributed by atoms with Crippen LogP contribution in [0.5, 0.6) is 0 Å². The Labute approximate surface area is 158 Å². The molecule has 1 saturated carbocycles. The zero-order chi connectivity index (χ0) is 19.3. The van der Waals surface area contributed by atoms with E-state index in [1.54, 1.807) is 12.1 Å². The number of esters is 1. The van der Waals surface area contributed by atoms with Crippen LogP contribution in [-0.4, -0.2) is 18.5 Å². The first-order chi connectivity index (χ1) is 13.0. The fourth-order valence-electron chi connectivity index (χ4n) is 3.74. The van der Waals surface area contributed by atoms with E-state index in [2.05, 4.69) is 5.32 Å². The highest BCUT2D eigenvalue weighted by molar-refractivity contribution is 5.86. The first-order valence-corrected chi connectivity index (χ1v) is 9.29. The summed E-state index contributed by atoms with van der Waals surface area (Å²) in [7, 11) is 0. The molecule has 1 atom stereocenters. The van der Waals surface area contributed by atoms with Crippen LogP contribution in [0.1, 0.15) is 49.8 Å². The average Bonchev–Trinajstić information content (AvgIpc) is 3.18. The summed E-state index contributed by atoms with van der Waals surface area (Å²) in [6.45, 7) is 1.56. The van der Waals surface area contributed by atoms with Crippen molar-refractivity contribution in [3.8, 4) is 0 Å². The molecule has 142 valence electrons. The summed E-state index contributed by atoms with van der Waals surface area (Å²) in [6, 6.07) is 15.4. The third-order valence-corrected chi connectivity index (χ3v) is 5.26. The molecule has 0 aliphatic heterocycles. The van der Waals surface area contributed by atoms with Gasteiger partial charge in [0.15, 0.2) is 6.61 Å². The Morgan fingerprint density at radius 3 is 2.33 bits per heavy atom. The topological polar surface area (TPSA) is 55.4 Å². The average molecular weight is 369 g/mol. The molecule has 0 saturated heterocycles. The van der Waals surface area contributed by atoms with Gasteiger partial charge in [-0.25, -0.2) is 4.39 Å². The molecule has 0 heterocycles. The zero-order valence-electron chi connectivity index (χ0n) is 15.4. The molecule has 1 fully saturated rings. The van der Waals surface area contributed by atoms with Gasteiger partial charge in [0, 0.05) is 0 Å². The van der Waals surface area contributed by atoms with Crippen LogP contribution in [0.2, 0.25) is 0 Å². The van der Waals surface area contributed by atoms with Crippen molar-refractivity contribution in [1.82, 2.24) is 5.32 Å². The molecule has 5 heteroatoms. The molecular weight excluding hydrogens is 345 g/mol. The van der Waals surface area contributed by atoms with Crippen molar-refractivity contribution < 1.29 is 18.7 Å². The van der Waals surface area contributed by atoms with Gasteiger partial charge in [-0.3, -0.25) is 9.59 Å². The summed E-state index contributed by atoms with van der Waals surface area (Å²) in [5.41, 5.74) is 0.958. The lowest BCUT2D eigenvalue weighted by Crippen LogP contribution is -2.38. The van der Waals surface area contributed by atoms with Gasteiger partial charge in [0.2, 0.25) is 0 Å². The third kappa shape index (κ3) is 4.35. The SMILES string of the molecule is CC(NC(=O)COC(=O)C1(c2ccc(F)cc2)CCCC1)c1ccccc1. The van der Waals surface area contributed by atoms with Crippen LogP contribution in [0, 0.1) is 5.82 Å². The summed E-state index contributed by atoms with van der Waals surface area (Å²) in [5, 5.41) is 2.84. The van der Waals surface area contributed by atoms with Gasteiger partial charge in [-0.1, -0.05) is 55.3 Å². The van der Waals surface area contributed by atoms with Gasteiger partial charge in [-0.05, 0) is 43.0 Å². The van der Waals surface area contributed by atoms with Crippen LogP contribution >= 0.6 is 0 Å². The summed E-state index contributed by atoms with van der Waals surface area (Å²) in [5.74, 6) is -1.09. The lowest BCUT2D eigenvalue weighted by molar-refractivity contribution is -0.154. The minimum absolute atomic E-state index is 0.171. The molecule has 0 bridgehead atoms. The maximum atomic E-state index is 13.2. The molecule has 1 aliphatic carbocycles. The standard InChI is InChI=1S/C22H24FNO3/c1-16(17-7-3-2-4-8-17)24-20(25)15-27-21(26)22(13-5-6-14-22)18-9-11-19(23)12-10-18/h2-4,7-12,16H,5-6,13-15H2,1H3,(H,24,25). The molecule has 0 radical (unpaired) electrons. The van der Waals surface area contributed by atoms with Crippen molar-refractivity contribution in [3.63, 3.8) is 0 Å². The van der Waals surface area contributed by atoms with Crippen LogP contribution in [0.3, 0.4) is 0 Å². The highest BCUT2D eigenvalue weighted by Gasteiger charge is 2.44. The number of hydrogen-bond acceptors (Lipinski definition) is 3. The molecule has 3 rings (SSSR count). The van der Waals surface area contributed by atoms with Crippen LogP contribution < -0.4 is 5.32 Å². The Kier molecular flexibility index (Phi) is 5.89. The molecule has 1 amide bonds. The summed E-state index contributed by atoms with van der Waals surface area (Å²) in [6.07, 6.45) is 3.12. The fourth-order valence-corrected chi connectivity index (χ4v) is 3.74. The lowest BCUT2D eigenvalue weighted by atomic mass is 9.79. The molecule has 4 nitrogen and oxygen atoms in total. The van der Waals surface area contributed by atoms with Crippen molar-refractivity contribution in [2.24, 2.45) is 0 Å². The predicted octanol–water partition coefficient (Wildman–Crippen LogP) is 4.06. The molecule has 1 unspecified atom stereocenters. The predicted molar refractivity (Wildman–Crippen MR) is 101 cm³/mol. The molecule has 2 aromatic rings. The molecule has 0 spiro atoms. The van der Waals surface area contributed by atoms with Crippen molar-refractivity contribution in [2.45, 2.75) is 44.1 Å². The molecule has 0 aromatic heterocycles. The van der Waals surface area contributed by atoms with Crippen LogP contribution in [0.25, 0.3) is 0 Å². The fraction of sp³-hybridized carbons (Fsp3) is 0.364. The number of halogens is 1. The van der Waals surface area contributed by atoms with Gasteiger partial charge in [-0.15, -0.1) is 0 Å². The smallest absolute Gasteiger partial charge is 0.317 e. The van der Waals surface area contributed by atoms with Gasteiger partial charge in [0.05, 0.1) is 11.5 Å². The second-order valence-corrected chi connectivity index (χ2v) is 7.07. The Bertz CT molecular complexity index is 783. The maximum Gasteiger partial charge on any atom is 0.317 e. The number of benzene rings is 2. The highest BCUT2D eigenvalue weighted by Crippen LogP contribution is 2.42. The summed E-state index contributed by atoms with van der Waals surface area (Å²) < 4.78 is 18.6. The molecule has 1 aliphatic rings. The maximum absolute atomic E-state index is 13.2. The number of carbonyl (C=O) groups is 2. The summed E-state index contributed by atoms with van der Waals surface area (Å²) >= 11 is 0. The molecular formula is C22H24FNO3. The minimum atomic E-state index is -0.779. The van der Waals surface area contributed by atoms with E-state index in [9.17, 15) is 14.0 Å². The quantitative estimate of drug-likeness (QED) is 0.782. The second-order valence-electron chi connectivity index (χ2n) is 7.07. The Balaban J connectivity index is 1.61. The van der Waals surface area contributed by atoms with Gasteiger partial charge in [-0.2, -0.15) is 0 Å². The number of nitrogens with one attached hydrogen (secondary N) is 1. The molecule has 1 N–H and O–H groups in total. The van der Waals surface area contributed by atoms with Crippen molar-refractivity contribution in [1.29, 1.82) is 0 Å². The van der Waals surface area contributed by atoms with E-state index in [1.165, 1.54) is 12.1 Å². The van der Waals surface area contributed by atoms with Crippen LogP contribution in [0.15, 0.2) is 54.6 Å². The number of carbonyl (C=O) groups excluding carboxylic acids is 2. The van der Waals surface area contributed by atoms with E-state index < -0.39 is 11.4 Å². The third-order valence-electron chi connectivity index (χ3n) is 5.26. The van der Waals surface area contributed by atoms with Gasteiger partial charge in [0.25, 0.3) is 5.91 Å². The van der Waals surface area contributed by atoms with Crippen molar-refractivity contribution in [2.75, 3.05) is 6.61 Å². The first-order valence-electron chi connectivity index (χ1n) is 9.29. The number of hydrogen-bond donors (Lipinski definition) is 1. The summed E-state index contributed by atoms with van der Waals surface area (Å²) in [4.78, 5) is 25.0. The van der Waals surface area contributed by atoms with E-state index in [4.69, 9.17) is 4.74 Å². The Hall–Kier alpha value is -2.69. The van der Waals surface area contributed by atoms with Gasteiger partial charge >= 0.3 is 5.97 Å². The Morgan fingerprint density at radius 2 is 1.70 bits per heavy atom. The first kappa shape index (κ1) is 19.1. The van der Waals surface area contributed by atoms with E-state index in [0.29, 0.717) is 12.8 Å². The Morgan fingerprint density at radius 1 is 1.07 bits per heavy atom. The second kappa shape index (κ2) is 8.33. The largest absolute Gasteiger partial charge is 0.455 e. The van der Waals surface area contributed by atoms with Crippen LogP contribution in [0.4, 0.5) is 4.39 Å². The highest BCUT2D eigenvalue weighted by atomic mass is 19.1. The zero-order valence-corrected chi connectivity index (χ0v) is 15.4. The van der Waals surface area contributed by atoms with E-state index in [1.807, 2.05) is 37.3 Å². The van der Waals surface area contributed by atoms with E-state index >= 15 is 0 Å². The monoisotopic (exact) mass is 369 g/mol. The molecule has 27 heavy (non-hydrogen) atoms. The number of ether oxygens (including phenoxy) is 1. The van der Waals surface area contributed by atoms with Gasteiger partial charge < -0.3 is 10.1 Å². The number of rotatable bonds is 6. The lowest BCUT2D eigenvalue weighted by Gasteiger charge is -2.27. The van der Waals surface area contributed by atoms with E-state index in [-0.39, 0.29) is 24.4 Å². The van der Waals surface area contributed by atoms with Crippen molar-refractivity contribution in [3.05, 3.63) is 71.5 Å². The molecule has 2 aromatic carbocycles. The van der Waals surface area contributed by atoms with Crippen molar-refractivity contribution >= 4 is 11.9 Å².